The summed E-state index contributed by atoms with van der Waals surface area (Å²) >= 11 is 0. The second-order valence-electron chi connectivity index (χ2n) is 8.94. The smallest absolute Gasteiger partial charge is 0.744 e. The Kier molecular flexibility index (Phi) is 9.36. The minimum Gasteiger partial charge on any atom is -0.744 e. The zero-order chi connectivity index (χ0) is 28.2. The van der Waals surface area contributed by atoms with Gasteiger partial charge in [-0.05, 0) is 41.8 Å². The number of fused-ring (bicyclic) bond motifs is 4. The first-order chi connectivity index (χ1) is 19.0. The number of hydrogen-bond acceptors (Lipinski definition) is 7. The predicted molar refractivity (Wildman–Crippen MR) is 148 cm³/mol. The van der Waals surface area contributed by atoms with E-state index in [0.717, 1.165) is 6.07 Å². The van der Waals surface area contributed by atoms with Crippen molar-refractivity contribution in [2.75, 3.05) is 0 Å². The number of para-hydroxylation sites is 2. The van der Waals surface area contributed by atoms with E-state index in [-0.39, 0.29) is 81.4 Å². The van der Waals surface area contributed by atoms with Crippen LogP contribution in [0.2, 0.25) is 0 Å². The van der Waals surface area contributed by atoms with Crippen molar-refractivity contribution in [3.05, 3.63) is 108 Å². The van der Waals surface area contributed by atoms with Gasteiger partial charge in [0.1, 0.15) is 15.0 Å². The van der Waals surface area contributed by atoms with Crippen molar-refractivity contribution in [2.24, 2.45) is 0 Å². The quantitative estimate of drug-likeness (QED) is 0.111. The zero-order valence-corrected chi connectivity index (χ0v) is 28.0. The first-order valence-electron chi connectivity index (χ1n) is 11.8. The second-order valence-corrected chi connectivity index (χ2v) is 11.7. The van der Waals surface area contributed by atoms with Gasteiger partial charge in [-0.3, -0.25) is 9.96 Å². The molecule has 6 rings (SSSR count). The predicted octanol–water partition coefficient (Wildman–Crippen LogP) is -0.741. The largest absolute Gasteiger partial charge is 1.00 e. The van der Waals surface area contributed by atoms with Crippen LogP contribution in [0, 0.1) is 5.41 Å². The van der Waals surface area contributed by atoms with Gasteiger partial charge in [0.15, 0.2) is 0 Å². The third kappa shape index (κ3) is 5.92. The van der Waals surface area contributed by atoms with E-state index in [1.807, 2.05) is 12.1 Å². The van der Waals surface area contributed by atoms with Crippen molar-refractivity contribution in [3.63, 3.8) is 0 Å². The van der Waals surface area contributed by atoms with Crippen molar-refractivity contribution >= 4 is 53.4 Å². The van der Waals surface area contributed by atoms with Gasteiger partial charge >= 0.3 is 59.1 Å². The van der Waals surface area contributed by atoms with Crippen LogP contribution in [0.25, 0.3) is 44.2 Å². The van der Waals surface area contributed by atoms with Gasteiger partial charge in [0.05, 0.1) is 32.7 Å². The first kappa shape index (κ1) is 32.3. The van der Waals surface area contributed by atoms with E-state index < -0.39 is 35.4 Å². The maximum Gasteiger partial charge on any atom is 1.00 e. The Balaban J connectivity index is 0.00000202. The average Bonchev–Trinajstić information content (AvgIpc) is 2.91. The molecule has 1 aliphatic heterocycles. The number of rotatable bonds is 5. The van der Waals surface area contributed by atoms with E-state index in [4.69, 9.17) is 5.41 Å². The molecule has 4 aromatic rings. The van der Waals surface area contributed by atoms with Crippen molar-refractivity contribution in [2.45, 2.75) is 9.79 Å². The molecule has 0 amide bonds. The Morgan fingerprint density at radius 3 is 2.07 bits per heavy atom. The molecule has 0 radical (unpaired) electrons. The van der Waals surface area contributed by atoms with Gasteiger partial charge in [-0.2, -0.15) is 8.42 Å². The van der Waals surface area contributed by atoms with Gasteiger partial charge in [-0.25, -0.2) is 13.4 Å². The van der Waals surface area contributed by atoms with Gasteiger partial charge in [0.2, 0.25) is 0 Å². The molecule has 4 aromatic carbocycles. The van der Waals surface area contributed by atoms with Crippen LogP contribution in [0.4, 0.5) is 11.4 Å². The van der Waals surface area contributed by atoms with Crippen molar-refractivity contribution in [1.29, 1.82) is 5.41 Å². The summed E-state index contributed by atoms with van der Waals surface area (Å²) in [6.07, 6.45) is 0. The molecule has 0 bridgehead atoms. The summed E-state index contributed by atoms with van der Waals surface area (Å²) < 4.78 is 72.5. The normalized spacial score (nSPS) is 11.7. The van der Waals surface area contributed by atoms with E-state index in [0.29, 0.717) is 28.0 Å². The van der Waals surface area contributed by atoms with E-state index in [9.17, 15) is 25.9 Å². The second kappa shape index (κ2) is 12.2. The maximum absolute atomic E-state index is 12.3. The van der Waals surface area contributed by atoms with Gasteiger partial charge < -0.3 is 14.4 Å². The van der Waals surface area contributed by atoms with Gasteiger partial charge in [-0.15, -0.1) is 11.4 Å². The Hall–Kier alpha value is -2.62. The molecule has 0 saturated carbocycles. The van der Waals surface area contributed by atoms with Crippen molar-refractivity contribution < 1.29 is 85.1 Å². The van der Waals surface area contributed by atoms with Crippen LogP contribution in [-0.2, 0) is 20.2 Å². The monoisotopic (exact) mass is 616 g/mol. The molecule has 2 N–H and O–H groups in total. The molecule has 14 heteroatoms. The van der Waals surface area contributed by atoms with Gasteiger partial charge in [0.25, 0.3) is 10.1 Å². The van der Waals surface area contributed by atoms with Crippen LogP contribution in [-0.4, -0.2) is 35.5 Å². The molecule has 0 spiro atoms. The molecule has 0 fully saturated rings. The molecule has 200 valence electrons. The van der Waals surface area contributed by atoms with Crippen molar-refractivity contribution in [3.8, 4) is 17.1 Å². The minimum absolute atomic E-state index is 0. The number of benzene rings is 5. The SMILES string of the molecule is N=c1cc2n(-c3ccccc3)c3cc([N-]c4ccccc4)c4c(S(=O)(=O)[O-])cccc4c3nc-2cc1S(=O)(=O)O.[Na+].[Na+]. The summed E-state index contributed by atoms with van der Waals surface area (Å²) in [5.41, 5.74) is 2.54. The molecule has 0 unspecified atom stereocenters. The summed E-state index contributed by atoms with van der Waals surface area (Å²) in [4.78, 5) is 3.55. The summed E-state index contributed by atoms with van der Waals surface area (Å²) in [5.74, 6) is 0. The average molecular weight is 617 g/mol. The van der Waals surface area contributed by atoms with Gasteiger partial charge in [-0.1, -0.05) is 60.7 Å². The summed E-state index contributed by atoms with van der Waals surface area (Å²) in [7, 11) is -9.67. The van der Waals surface area contributed by atoms with E-state index in [1.54, 1.807) is 65.2 Å². The molecular weight excluding hydrogens is 598 g/mol. The number of nitrogens with zero attached hydrogens (tertiary/aromatic N) is 3. The van der Waals surface area contributed by atoms with Gasteiger partial charge in [0, 0.05) is 11.1 Å². The maximum atomic E-state index is 12.3. The Bertz CT molecular complexity index is 2210. The third-order valence-electron chi connectivity index (χ3n) is 6.41. The molecule has 42 heavy (non-hydrogen) atoms. The van der Waals surface area contributed by atoms with E-state index in [2.05, 4.69) is 10.3 Å². The molecule has 0 saturated heterocycles. The zero-order valence-electron chi connectivity index (χ0n) is 22.4. The minimum atomic E-state index is -4.93. The van der Waals surface area contributed by atoms with Crippen LogP contribution >= 0.6 is 0 Å². The summed E-state index contributed by atoms with van der Waals surface area (Å²) in [6.45, 7) is 0. The Morgan fingerprint density at radius 2 is 1.45 bits per heavy atom. The Labute approximate surface area is 285 Å². The van der Waals surface area contributed by atoms with Crippen LogP contribution in [0.3, 0.4) is 0 Å². The fourth-order valence-corrected chi connectivity index (χ4v) is 6.08. The molecule has 2 aliphatic rings. The summed E-state index contributed by atoms with van der Waals surface area (Å²) in [5, 5.41) is 12.9. The van der Waals surface area contributed by atoms with E-state index >= 15 is 0 Å². The molecule has 0 aromatic heterocycles. The number of nitrogens with one attached hydrogen (secondary N) is 1. The third-order valence-corrected chi connectivity index (χ3v) is 8.18. The summed E-state index contributed by atoms with van der Waals surface area (Å²) in [6, 6.07) is 26.1. The van der Waals surface area contributed by atoms with E-state index in [1.165, 1.54) is 18.2 Å². The fraction of sp³-hybridized carbons (Fsp3) is 0. The van der Waals surface area contributed by atoms with Crippen LogP contribution in [0.15, 0.2) is 107 Å². The Morgan fingerprint density at radius 1 is 0.810 bits per heavy atom. The fourth-order valence-electron chi connectivity index (χ4n) is 4.77. The topological polar surface area (TPSA) is 167 Å². The molecule has 1 aliphatic carbocycles. The number of aromatic nitrogens is 2. The van der Waals surface area contributed by atoms with Crippen molar-refractivity contribution in [1.82, 2.24) is 9.55 Å². The standard InChI is InChI=1S/C28H19N4O6S2.2Na/c29-20-14-23-21(16-26(20)40(36,37)38)31-28-19-12-7-13-25(39(33,34)35)27(19)22(30-17-8-3-1-4-9-17)15-24(28)32(23)18-10-5-2-6-11-18;;/h1-16,29H,(H,33,34,35)(H,36,37,38);;/q-1;2*+1/p-1. The van der Waals surface area contributed by atoms with Crippen LogP contribution in [0.1, 0.15) is 0 Å². The molecule has 10 nitrogen and oxygen atoms in total. The molecule has 0 atom stereocenters. The molecule has 1 heterocycles. The van der Waals surface area contributed by atoms with Crippen LogP contribution < -0.4 is 64.5 Å². The molecular formula is C28H18N4Na2O6S2. The number of hydrogen-bond donors (Lipinski definition) is 2. The van der Waals surface area contributed by atoms with Crippen LogP contribution in [0.5, 0.6) is 0 Å². The first-order valence-corrected chi connectivity index (χ1v) is 14.6.